The minimum Gasteiger partial charge on any atom is -0.322 e. The van der Waals surface area contributed by atoms with Crippen LogP contribution in [0.3, 0.4) is 0 Å². The Kier molecular flexibility index (Phi) is 3.66. The molecule has 0 amide bonds. The molecule has 0 aromatic carbocycles. The van der Waals surface area contributed by atoms with Crippen molar-refractivity contribution in [2.75, 3.05) is 26.4 Å². The molecule has 1 N–H and O–H groups in total. The second kappa shape index (κ2) is 4.48. The fraction of sp³-hybridized carbons (Fsp3) is 0.750. The molecule has 0 aliphatic carbocycles. The molecule has 1 heterocycles. The normalized spacial score (nSPS) is 13.0. The largest absolute Gasteiger partial charge is 0.322 e. The van der Waals surface area contributed by atoms with E-state index in [2.05, 4.69) is 10.3 Å². The maximum atomic E-state index is 10.6. The zero-order chi connectivity index (χ0) is 12.4. The molecule has 7 nitrogen and oxygen atoms in total. The molecule has 0 spiro atoms. The van der Waals surface area contributed by atoms with Crippen LogP contribution in [0.2, 0.25) is 0 Å². The van der Waals surface area contributed by atoms with Gasteiger partial charge < -0.3 is 4.48 Å². The molecule has 0 atom stereocenters. The summed E-state index contributed by atoms with van der Waals surface area (Å²) in [5, 5.41) is 7.73. The number of aryl methyl sites for hydroxylation is 1. The highest BCUT2D eigenvalue weighted by atomic mass is 32.2. The molecule has 1 aromatic rings. The van der Waals surface area contributed by atoms with E-state index in [0.717, 1.165) is 5.69 Å². The number of rotatable bonds is 5. The molecule has 0 unspecified atom stereocenters. The number of hydrogen-bond donors (Lipinski definition) is 1. The van der Waals surface area contributed by atoms with Crippen LogP contribution < -0.4 is 0 Å². The number of nitrogens with zero attached hydrogens (tertiary/aromatic N) is 4. The first-order valence-corrected chi connectivity index (χ1v) is 6.41. The monoisotopic (exact) mass is 249 g/mol. The van der Waals surface area contributed by atoms with E-state index in [1.165, 1.54) is 0 Å². The Labute approximate surface area is 95.0 Å². The Morgan fingerprint density at radius 3 is 2.56 bits per heavy atom. The Morgan fingerprint density at radius 1 is 1.50 bits per heavy atom. The van der Waals surface area contributed by atoms with Crippen LogP contribution >= 0.6 is 0 Å². The van der Waals surface area contributed by atoms with Gasteiger partial charge in [-0.15, -0.1) is 5.10 Å². The molecule has 92 valence electrons. The lowest BCUT2D eigenvalue weighted by Crippen LogP contribution is -2.42. The third-order valence-corrected chi connectivity index (χ3v) is 2.89. The van der Waals surface area contributed by atoms with Crippen LogP contribution in [0.15, 0.2) is 6.20 Å². The van der Waals surface area contributed by atoms with Crippen molar-refractivity contribution in [3.63, 3.8) is 0 Å². The van der Waals surface area contributed by atoms with E-state index in [1.807, 2.05) is 14.1 Å². The predicted octanol–water partition coefficient (Wildman–Crippen LogP) is -0.721. The number of aromatic nitrogens is 3. The minimum atomic E-state index is -3.90. The quantitative estimate of drug-likeness (QED) is 0.550. The average Bonchev–Trinajstić information content (AvgIpc) is 2.46. The average molecular weight is 249 g/mol. The first-order chi connectivity index (χ1) is 7.18. The van der Waals surface area contributed by atoms with Crippen LogP contribution in [0.1, 0.15) is 5.69 Å². The lowest BCUT2D eigenvalue weighted by atomic mass is 10.4. The summed E-state index contributed by atoms with van der Waals surface area (Å²) in [5.41, 5.74) is 0.794. The highest BCUT2D eigenvalue weighted by Crippen LogP contribution is 2.06. The lowest BCUT2D eigenvalue weighted by Gasteiger charge is -2.28. The van der Waals surface area contributed by atoms with Crippen molar-refractivity contribution in [2.24, 2.45) is 7.05 Å². The van der Waals surface area contributed by atoms with Gasteiger partial charge in [0.15, 0.2) is 0 Å². The van der Waals surface area contributed by atoms with Crippen LogP contribution in [0.5, 0.6) is 0 Å². The van der Waals surface area contributed by atoms with Crippen LogP contribution in [0.25, 0.3) is 0 Å². The third kappa shape index (κ3) is 4.69. The van der Waals surface area contributed by atoms with Gasteiger partial charge >= 0.3 is 0 Å². The van der Waals surface area contributed by atoms with Gasteiger partial charge in [0, 0.05) is 7.05 Å². The summed E-state index contributed by atoms with van der Waals surface area (Å²) in [6.45, 7) is 0.902. The van der Waals surface area contributed by atoms with Gasteiger partial charge in [0.2, 0.25) is 0 Å². The molecule has 8 heteroatoms. The van der Waals surface area contributed by atoms with Gasteiger partial charge in [0.05, 0.1) is 26.8 Å². The van der Waals surface area contributed by atoms with Crippen molar-refractivity contribution < 1.29 is 17.5 Å². The highest BCUT2D eigenvalue weighted by Gasteiger charge is 2.20. The standard InChI is InChI=1S/C8H16N4O3S/c1-11-6-8(9-10-11)7-12(2,3)4-5-16(13,14)15/h6H,4-5,7H2,1-3H3/p+1. The lowest BCUT2D eigenvalue weighted by molar-refractivity contribution is -0.901. The summed E-state index contributed by atoms with van der Waals surface area (Å²) < 4.78 is 32.0. The molecule has 16 heavy (non-hydrogen) atoms. The van der Waals surface area contributed by atoms with Crippen LogP contribution in [0.4, 0.5) is 0 Å². The van der Waals surface area contributed by atoms with E-state index in [4.69, 9.17) is 4.55 Å². The van der Waals surface area contributed by atoms with Gasteiger partial charge in [-0.05, 0) is 0 Å². The van der Waals surface area contributed by atoms with Gasteiger partial charge in [-0.25, -0.2) is 0 Å². The Hall–Kier alpha value is -0.990. The Balaban J connectivity index is 2.58. The molecule has 0 saturated heterocycles. The van der Waals surface area contributed by atoms with Crippen LogP contribution in [0, 0.1) is 0 Å². The summed E-state index contributed by atoms with van der Waals surface area (Å²) >= 11 is 0. The Bertz CT molecular complexity index is 452. The second-order valence-electron chi connectivity index (χ2n) is 4.49. The van der Waals surface area contributed by atoms with Crippen LogP contribution in [-0.4, -0.2) is 58.8 Å². The SMILES string of the molecule is Cn1cc(C[N+](C)(C)CCS(=O)(=O)O)nn1. The van der Waals surface area contributed by atoms with E-state index in [-0.39, 0.29) is 5.75 Å². The number of quaternary nitrogens is 1. The summed E-state index contributed by atoms with van der Waals surface area (Å²) in [6.07, 6.45) is 1.79. The fourth-order valence-corrected chi connectivity index (χ4v) is 2.07. The summed E-state index contributed by atoms with van der Waals surface area (Å²) in [5.74, 6) is -0.250. The molecule has 1 rings (SSSR count). The van der Waals surface area contributed by atoms with E-state index in [9.17, 15) is 8.42 Å². The van der Waals surface area contributed by atoms with Gasteiger partial charge in [-0.1, -0.05) is 5.21 Å². The van der Waals surface area contributed by atoms with Gasteiger partial charge in [-0.3, -0.25) is 9.23 Å². The molecule has 1 aromatic heterocycles. The fourth-order valence-electron chi connectivity index (χ4n) is 1.35. The van der Waals surface area contributed by atoms with Crippen molar-refractivity contribution in [3.05, 3.63) is 11.9 Å². The molecule has 0 aliphatic heterocycles. The van der Waals surface area contributed by atoms with Crippen molar-refractivity contribution in [2.45, 2.75) is 6.54 Å². The topological polar surface area (TPSA) is 85.1 Å². The molecule has 0 fully saturated rings. The number of hydrogen-bond acceptors (Lipinski definition) is 4. The summed E-state index contributed by atoms with van der Waals surface area (Å²) in [7, 11) is 1.62. The van der Waals surface area contributed by atoms with E-state index in [0.29, 0.717) is 17.6 Å². The summed E-state index contributed by atoms with van der Waals surface area (Å²) in [4.78, 5) is 0. The zero-order valence-electron chi connectivity index (χ0n) is 9.66. The van der Waals surface area contributed by atoms with E-state index in [1.54, 1.807) is 17.9 Å². The smallest absolute Gasteiger partial charge is 0.270 e. The first-order valence-electron chi connectivity index (χ1n) is 4.80. The van der Waals surface area contributed by atoms with Crippen molar-refractivity contribution >= 4 is 10.1 Å². The van der Waals surface area contributed by atoms with Crippen LogP contribution in [-0.2, 0) is 23.7 Å². The van der Waals surface area contributed by atoms with E-state index < -0.39 is 10.1 Å². The molecular formula is C8H17N4O3S+. The van der Waals surface area contributed by atoms with Crippen molar-refractivity contribution in [1.29, 1.82) is 0 Å². The Morgan fingerprint density at radius 2 is 2.12 bits per heavy atom. The zero-order valence-corrected chi connectivity index (χ0v) is 10.5. The van der Waals surface area contributed by atoms with Gasteiger partial charge in [0.25, 0.3) is 10.1 Å². The second-order valence-corrected chi connectivity index (χ2v) is 6.06. The molecular weight excluding hydrogens is 232 g/mol. The van der Waals surface area contributed by atoms with Crippen molar-refractivity contribution in [3.8, 4) is 0 Å². The first kappa shape index (κ1) is 13.1. The molecule has 0 aliphatic rings. The molecule has 0 radical (unpaired) electrons. The van der Waals surface area contributed by atoms with Gasteiger partial charge in [-0.2, -0.15) is 8.42 Å². The molecule has 0 bridgehead atoms. The minimum absolute atomic E-state index is 0.250. The maximum Gasteiger partial charge on any atom is 0.270 e. The molecule has 0 saturated carbocycles. The van der Waals surface area contributed by atoms with Gasteiger partial charge in [0.1, 0.15) is 18.0 Å². The highest BCUT2D eigenvalue weighted by molar-refractivity contribution is 7.85. The van der Waals surface area contributed by atoms with E-state index >= 15 is 0 Å². The maximum absolute atomic E-state index is 10.6. The predicted molar refractivity (Wildman–Crippen MR) is 58.1 cm³/mol. The summed E-state index contributed by atoms with van der Waals surface area (Å²) in [6, 6.07) is 0. The third-order valence-electron chi connectivity index (χ3n) is 2.19. The van der Waals surface area contributed by atoms with Crippen molar-refractivity contribution in [1.82, 2.24) is 15.0 Å².